The Balaban J connectivity index is 0.00000117. The number of nitrogens with one attached hydrogen (secondary N) is 2. The van der Waals surface area contributed by atoms with E-state index in [-0.39, 0.29) is 12.2 Å². The molecule has 148 valence electrons. The van der Waals surface area contributed by atoms with Gasteiger partial charge in [-0.3, -0.25) is 5.32 Å². The van der Waals surface area contributed by atoms with Gasteiger partial charge in [0.1, 0.15) is 0 Å². The number of rotatable bonds is 4. The molecular formula is C19H35N5O2. The Morgan fingerprint density at radius 1 is 1.23 bits per heavy atom. The van der Waals surface area contributed by atoms with Crippen LogP contribution in [0.3, 0.4) is 0 Å². The SMILES string of the molecule is CC.CN1C=C2NC(=O)N(C(N)=O)CC2NC1CCCC1CCCCC1. The summed E-state index contributed by atoms with van der Waals surface area (Å²) in [5.74, 6) is 0.901. The highest BCUT2D eigenvalue weighted by Crippen LogP contribution is 2.28. The van der Waals surface area contributed by atoms with Gasteiger partial charge in [0.2, 0.25) is 0 Å². The Morgan fingerprint density at radius 3 is 2.58 bits per heavy atom. The van der Waals surface area contributed by atoms with Gasteiger partial charge in [0.15, 0.2) is 0 Å². The van der Waals surface area contributed by atoms with E-state index in [9.17, 15) is 9.59 Å². The van der Waals surface area contributed by atoms with Crippen LogP contribution in [0.5, 0.6) is 0 Å². The van der Waals surface area contributed by atoms with Crippen molar-refractivity contribution in [2.45, 2.75) is 77.4 Å². The number of nitrogens with two attached hydrogens (primary N) is 1. The molecule has 2 aliphatic heterocycles. The molecule has 1 saturated carbocycles. The fourth-order valence-electron chi connectivity index (χ4n) is 4.12. The zero-order valence-electron chi connectivity index (χ0n) is 16.5. The van der Waals surface area contributed by atoms with E-state index in [1.54, 1.807) is 0 Å². The molecule has 26 heavy (non-hydrogen) atoms. The summed E-state index contributed by atoms with van der Waals surface area (Å²) in [4.78, 5) is 26.4. The molecule has 3 rings (SSSR count). The number of imide groups is 1. The average molecular weight is 366 g/mol. The smallest absolute Gasteiger partial charge is 0.329 e. The lowest BCUT2D eigenvalue weighted by Gasteiger charge is -2.42. The van der Waals surface area contributed by atoms with Crippen LogP contribution >= 0.6 is 0 Å². The van der Waals surface area contributed by atoms with Crippen molar-refractivity contribution in [2.75, 3.05) is 13.6 Å². The van der Waals surface area contributed by atoms with Crippen LogP contribution in [0.15, 0.2) is 11.9 Å². The van der Waals surface area contributed by atoms with Crippen LogP contribution in [-0.4, -0.2) is 47.7 Å². The summed E-state index contributed by atoms with van der Waals surface area (Å²) in [6.07, 6.45) is 12.7. The molecule has 2 heterocycles. The molecule has 0 bridgehead atoms. The van der Waals surface area contributed by atoms with Gasteiger partial charge < -0.3 is 16.0 Å². The highest BCUT2D eigenvalue weighted by molar-refractivity contribution is 5.94. The number of hydrogen-bond acceptors (Lipinski definition) is 4. The summed E-state index contributed by atoms with van der Waals surface area (Å²) in [6.45, 7) is 4.29. The number of nitrogens with zero attached hydrogens (tertiary/aromatic N) is 2. The van der Waals surface area contributed by atoms with Crippen molar-refractivity contribution in [3.05, 3.63) is 11.9 Å². The number of carbonyl (C=O) groups excluding carboxylic acids is 2. The molecular weight excluding hydrogens is 330 g/mol. The van der Waals surface area contributed by atoms with Crippen LogP contribution in [0.2, 0.25) is 0 Å². The molecule has 2 fully saturated rings. The largest absolute Gasteiger partial charge is 0.363 e. The molecule has 4 N–H and O–H groups in total. The predicted octanol–water partition coefficient (Wildman–Crippen LogP) is 2.94. The highest BCUT2D eigenvalue weighted by Gasteiger charge is 2.36. The Bertz CT molecular complexity index is 516. The monoisotopic (exact) mass is 365 g/mol. The minimum atomic E-state index is -0.707. The lowest BCUT2D eigenvalue weighted by molar-refractivity contribution is 0.156. The van der Waals surface area contributed by atoms with Gasteiger partial charge in [-0.25, -0.2) is 14.5 Å². The third-order valence-corrected chi connectivity index (χ3v) is 5.55. The molecule has 0 aromatic rings. The van der Waals surface area contributed by atoms with Crippen LogP contribution in [0, 0.1) is 5.92 Å². The molecule has 1 aliphatic carbocycles. The van der Waals surface area contributed by atoms with Gasteiger partial charge in [-0.15, -0.1) is 0 Å². The molecule has 3 aliphatic rings. The van der Waals surface area contributed by atoms with Crippen molar-refractivity contribution in [3.8, 4) is 0 Å². The molecule has 4 amide bonds. The summed E-state index contributed by atoms with van der Waals surface area (Å²) >= 11 is 0. The Labute approximate surface area is 157 Å². The first kappa shape index (κ1) is 20.6. The first-order valence-electron chi connectivity index (χ1n) is 10.1. The fraction of sp³-hybridized carbons (Fsp3) is 0.789. The maximum absolute atomic E-state index is 11.9. The lowest BCUT2D eigenvalue weighted by Crippen LogP contribution is -2.64. The average Bonchev–Trinajstić information content (AvgIpc) is 2.64. The molecule has 1 saturated heterocycles. The van der Waals surface area contributed by atoms with Crippen LogP contribution < -0.4 is 16.4 Å². The summed E-state index contributed by atoms with van der Waals surface area (Å²) in [5, 5.41) is 6.29. The predicted molar refractivity (Wildman–Crippen MR) is 103 cm³/mol. The number of carbonyl (C=O) groups is 2. The Kier molecular flexibility index (Phi) is 7.75. The summed E-state index contributed by atoms with van der Waals surface area (Å²) in [6, 6.07) is -1.22. The summed E-state index contributed by atoms with van der Waals surface area (Å²) in [7, 11) is 2.02. The minimum Gasteiger partial charge on any atom is -0.363 e. The molecule has 0 radical (unpaired) electrons. The van der Waals surface area contributed by atoms with E-state index in [0.29, 0.717) is 6.54 Å². The van der Waals surface area contributed by atoms with E-state index in [1.807, 2.05) is 27.1 Å². The third kappa shape index (κ3) is 5.13. The second kappa shape index (κ2) is 9.80. The van der Waals surface area contributed by atoms with E-state index < -0.39 is 12.1 Å². The molecule has 7 heteroatoms. The fourth-order valence-corrected chi connectivity index (χ4v) is 4.12. The molecule has 7 nitrogen and oxygen atoms in total. The highest BCUT2D eigenvalue weighted by atomic mass is 16.2. The number of primary amides is 1. The van der Waals surface area contributed by atoms with Crippen molar-refractivity contribution < 1.29 is 9.59 Å². The zero-order chi connectivity index (χ0) is 19.1. The van der Waals surface area contributed by atoms with Crippen LogP contribution in [0.1, 0.15) is 65.2 Å². The van der Waals surface area contributed by atoms with Crippen molar-refractivity contribution in [2.24, 2.45) is 11.7 Å². The first-order valence-corrected chi connectivity index (χ1v) is 10.1. The van der Waals surface area contributed by atoms with Gasteiger partial charge in [-0.1, -0.05) is 52.4 Å². The molecule has 0 spiro atoms. The standard InChI is InChI=1S/C17H29N5O2.C2H6/c1-21-10-13-14(11-22(16(18)23)17(24)20-13)19-15(21)9-5-8-12-6-3-2-4-7-12;1-2/h10,12,14-15,19H,2-9,11H2,1H3,(H2,18,23)(H,20,24);1-2H3. The van der Waals surface area contributed by atoms with Gasteiger partial charge >= 0.3 is 12.1 Å². The van der Waals surface area contributed by atoms with Crippen molar-refractivity contribution in [1.29, 1.82) is 0 Å². The number of amides is 4. The topological polar surface area (TPSA) is 90.7 Å². The second-order valence-corrected chi connectivity index (χ2v) is 7.30. The van der Waals surface area contributed by atoms with Crippen LogP contribution in [0.4, 0.5) is 9.59 Å². The van der Waals surface area contributed by atoms with E-state index in [0.717, 1.165) is 22.9 Å². The van der Waals surface area contributed by atoms with E-state index >= 15 is 0 Å². The van der Waals surface area contributed by atoms with E-state index in [4.69, 9.17) is 5.73 Å². The van der Waals surface area contributed by atoms with Crippen LogP contribution in [-0.2, 0) is 0 Å². The third-order valence-electron chi connectivity index (χ3n) is 5.55. The van der Waals surface area contributed by atoms with Gasteiger partial charge in [-0.05, 0) is 18.8 Å². The van der Waals surface area contributed by atoms with Gasteiger partial charge in [-0.2, -0.15) is 0 Å². The normalized spacial score (nSPS) is 26.3. The summed E-state index contributed by atoms with van der Waals surface area (Å²) < 4.78 is 0. The van der Waals surface area contributed by atoms with Crippen molar-refractivity contribution in [3.63, 3.8) is 0 Å². The van der Waals surface area contributed by atoms with Gasteiger partial charge in [0.05, 0.1) is 24.4 Å². The van der Waals surface area contributed by atoms with Crippen molar-refractivity contribution in [1.82, 2.24) is 20.4 Å². The molecule has 0 aromatic heterocycles. The zero-order valence-corrected chi connectivity index (χ0v) is 16.5. The number of fused-ring (bicyclic) bond motifs is 1. The molecule has 0 aromatic carbocycles. The molecule has 2 atom stereocenters. The second-order valence-electron chi connectivity index (χ2n) is 7.30. The van der Waals surface area contributed by atoms with E-state index in [1.165, 1.54) is 44.9 Å². The summed E-state index contributed by atoms with van der Waals surface area (Å²) in [5.41, 5.74) is 6.08. The molecule has 2 unspecified atom stereocenters. The quantitative estimate of drug-likeness (QED) is 0.714. The first-order chi connectivity index (χ1) is 12.5. The van der Waals surface area contributed by atoms with Gasteiger partial charge in [0.25, 0.3) is 0 Å². The maximum atomic E-state index is 11.9. The maximum Gasteiger partial charge on any atom is 0.329 e. The number of hydrogen-bond donors (Lipinski definition) is 3. The Hall–Kier alpha value is -1.76. The van der Waals surface area contributed by atoms with Gasteiger partial charge in [0, 0.05) is 13.2 Å². The number of urea groups is 2. The lowest BCUT2D eigenvalue weighted by atomic mass is 9.85. The minimum absolute atomic E-state index is 0.0638. The Morgan fingerprint density at radius 2 is 1.92 bits per heavy atom. The van der Waals surface area contributed by atoms with Crippen LogP contribution in [0.25, 0.3) is 0 Å². The van der Waals surface area contributed by atoms with Crippen molar-refractivity contribution >= 4 is 12.1 Å². The van der Waals surface area contributed by atoms with E-state index in [2.05, 4.69) is 15.5 Å².